The molecule has 0 aromatic heterocycles. The predicted octanol–water partition coefficient (Wildman–Crippen LogP) is 0.197. The van der Waals surface area contributed by atoms with Crippen LogP contribution in [0.5, 0.6) is 0 Å². The Morgan fingerprint density at radius 3 is 2.73 bits per heavy atom. The van der Waals surface area contributed by atoms with Gasteiger partial charge in [-0.05, 0) is 12.5 Å². The number of aliphatic hydroxyl groups excluding tert-OH is 1. The third-order valence-electron chi connectivity index (χ3n) is 1.84. The molecule has 1 aliphatic heterocycles. The van der Waals surface area contributed by atoms with Crippen molar-refractivity contribution in [1.29, 1.82) is 0 Å². The lowest BCUT2D eigenvalue weighted by molar-refractivity contribution is -0.230. The van der Waals surface area contributed by atoms with E-state index in [-0.39, 0.29) is 0 Å². The summed E-state index contributed by atoms with van der Waals surface area (Å²) in [6, 6.07) is 0. The number of nitrogens with one attached hydrogen (secondary N) is 1. The molecule has 0 saturated carbocycles. The number of hydrogen-bond donors (Lipinski definition) is 2. The van der Waals surface area contributed by atoms with Crippen molar-refractivity contribution in [2.24, 2.45) is 11.8 Å². The Kier molecular flexibility index (Phi) is 3.30. The van der Waals surface area contributed by atoms with E-state index in [2.05, 4.69) is 19.2 Å². The zero-order chi connectivity index (χ0) is 8.27. The summed E-state index contributed by atoms with van der Waals surface area (Å²) in [7, 11) is 0. The third-order valence-corrected chi connectivity index (χ3v) is 1.84. The SMILES string of the molecule is CC(C)CNCC1COC1O. The van der Waals surface area contributed by atoms with Crippen LogP contribution in [0.3, 0.4) is 0 Å². The smallest absolute Gasteiger partial charge is 0.160 e. The van der Waals surface area contributed by atoms with E-state index in [0.29, 0.717) is 18.4 Å². The highest BCUT2D eigenvalue weighted by Gasteiger charge is 2.29. The maximum Gasteiger partial charge on any atom is 0.160 e. The largest absolute Gasteiger partial charge is 0.368 e. The summed E-state index contributed by atoms with van der Waals surface area (Å²) in [5.74, 6) is 0.988. The maximum atomic E-state index is 9.01. The lowest BCUT2D eigenvalue weighted by Crippen LogP contribution is -2.45. The molecule has 3 heteroatoms. The molecule has 0 aromatic rings. The molecule has 0 radical (unpaired) electrons. The molecule has 3 nitrogen and oxygen atoms in total. The maximum absolute atomic E-state index is 9.01. The minimum atomic E-state index is -0.519. The highest BCUT2D eigenvalue weighted by molar-refractivity contribution is 4.72. The molecule has 0 aliphatic carbocycles. The summed E-state index contributed by atoms with van der Waals surface area (Å²) in [5.41, 5.74) is 0. The van der Waals surface area contributed by atoms with Gasteiger partial charge in [-0.25, -0.2) is 0 Å². The van der Waals surface area contributed by atoms with Crippen LogP contribution in [0.15, 0.2) is 0 Å². The van der Waals surface area contributed by atoms with Crippen molar-refractivity contribution in [3.05, 3.63) is 0 Å². The molecule has 1 rings (SSSR count). The zero-order valence-corrected chi connectivity index (χ0v) is 7.21. The molecule has 2 unspecified atom stereocenters. The minimum Gasteiger partial charge on any atom is -0.368 e. The highest BCUT2D eigenvalue weighted by Crippen LogP contribution is 2.16. The topological polar surface area (TPSA) is 41.5 Å². The lowest BCUT2D eigenvalue weighted by Gasteiger charge is -2.32. The summed E-state index contributed by atoms with van der Waals surface area (Å²) in [4.78, 5) is 0. The first-order valence-corrected chi connectivity index (χ1v) is 4.20. The molecule has 0 aromatic carbocycles. The van der Waals surface area contributed by atoms with Crippen molar-refractivity contribution in [1.82, 2.24) is 5.32 Å². The summed E-state index contributed by atoms with van der Waals surface area (Å²) in [6.45, 7) is 6.93. The number of aliphatic hydroxyl groups is 1. The van der Waals surface area contributed by atoms with Crippen LogP contribution in [-0.2, 0) is 4.74 Å². The van der Waals surface area contributed by atoms with Crippen molar-refractivity contribution < 1.29 is 9.84 Å². The van der Waals surface area contributed by atoms with Crippen molar-refractivity contribution >= 4 is 0 Å². The molecule has 2 N–H and O–H groups in total. The Hall–Kier alpha value is -0.120. The molecule has 1 fully saturated rings. The van der Waals surface area contributed by atoms with E-state index in [1.165, 1.54) is 0 Å². The van der Waals surface area contributed by atoms with Gasteiger partial charge < -0.3 is 15.2 Å². The van der Waals surface area contributed by atoms with Gasteiger partial charge in [-0.2, -0.15) is 0 Å². The van der Waals surface area contributed by atoms with Gasteiger partial charge in [-0.3, -0.25) is 0 Å². The molecule has 1 heterocycles. The Morgan fingerprint density at radius 2 is 2.36 bits per heavy atom. The molecule has 66 valence electrons. The molecule has 0 spiro atoms. The van der Waals surface area contributed by atoms with Crippen LogP contribution < -0.4 is 5.32 Å². The average molecular weight is 159 g/mol. The summed E-state index contributed by atoms with van der Waals surface area (Å²) in [5, 5.41) is 12.3. The van der Waals surface area contributed by atoms with E-state index < -0.39 is 6.29 Å². The second kappa shape index (κ2) is 4.04. The Balaban J connectivity index is 1.95. The molecule has 0 amide bonds. The fraction of sp³-hybridized carbons (Fsp3) is 1.00. The Morgan fingerprint density at radius 1 is 1.64 bits per heavy atom. The molecule has 1 saturated heterocycles. The first kappa shape index (κ1) is 8.97. The van der Waals surface area contributed by atoms with Gasteiger partial charge in [0.05, 0.1) is 6.61 Å². The molecule has 0 bridgehead atoms. The van der Waals surface area contributed by atoms with E-state index in [0.717, 1.165) is 13.1 Å². The van der Waals surface area contributed by atoms with Crippen molar-refractivity contribution in [3.8, 4) is 0 Å². The van der Waals surface area contributed by atoms with Crippen LogP contribution in [-0.4, -0.2) is 31.1 Å². The Labute approximate surface area is 67.7 Å². The van der Waals surface area contributed by atoms with E-state index in [9.17, 15) is 0 Å². The van der Waals surface area contributed by atoms with Gasteiger partial charge in [0.1, 0.15) is 0 Å². The Bertz CT molecular complexity index is 117. The van der Waals surface area contributed by atoms with Crippen molar-refractivity contribution in [3.63, 3.8) is 0 Å². The van der Waals surface area contributed by atoms with E-state index in [1.54, 1.807) is 0 Å². The molecular formula is C8H17NO2. The van der Waals surface area contributed by atoms with Crippen LogP contribution >= 0.6 is 0 Å². The van der Waals surface area contributed by atoms with E-state index in [4.69, 9.17) is 9.84 Å². The van der Waals surface area contributed by atoms with Gasteiger partial charge in [0.15, 0.2) is 6.29 Å². The summed E-state index contributed by atoms with van der Waals surface area (Å²) in [6.07, 6.45) is -0.519. The second-order valence-corrected chi connectivity index (χ2v) is 3.54. The lowest BCUT2D eigenvalue weighted by atomic mass is 10.1. The fourth-order valence-electron chi connectivity index (χ4n) is 1.04. The second-order valence-electron chi connectivity index (χ2n) is 3.54. The van der Waals surface area contributed by atoms with Gasteiger partial charge in [0.2, 0.25) is 0 Å². The third kappa shape index (κ3) is 2.77. The zero-order valence-electron chi connectivity index (χ0n) is 7.21. The van der Waals surface area contributed by atoms with Crippen LogP contribution in [0.4, 0.5) is 0 Å². The standard InChI is InChI=1S/C8H17NO2/c1-6(2)3-9-4-7-5-11-8(7)10/h6-10H,3-5H2,1-2H3. The number of rotatable bonds is 4. The summed E-state index contributed by atoms with van der Waals surface area (Å²) >= 11 is 0. The molecule has 11 heavy (non-hydrogen) atoms. The fourth-order valence-corrected chi connectivity index (χ4v) is 1.04. The first-order valence-electron chi connectivity index (χ1n) is 4.20. The van der Waals surface area contributed by atoms with Crippen molar-refractivity contribution in [2.45, 2.75) is 20.1 Å². The quantitative estimate of drug-likeness (QED) is 0.615. The van der Waals surface area contributed by atoms with Gasteiger partial charge in [0, 0.05) is 12.5 Å². The van der Waals surface area contributed by atoms with Gasteiger partial charge in [0.25, 0.3) is 0 Å². The first-order chi connectivity index (χ1) is 5.20. The van der Waals surface area contributed by atoms with Crippen LogP contribution in [0.2, 0.25) is 0 Å². The minimum absolute atomic E-state index is 0.314. The predicted molar refractivity (Wildman–Crippen MR) is 43.2 cm³/mol. The monoisotopic (exact) mass is 159 g/mol. The molecule has 2 atom stereocenters. The van der Waals surface area contributed by atoms with E-state index in [1.807, 2.05) is 0 Å². The van der Waals surface area contributed by atoms with Crippen LogP contribution in [0, 0.1) is 11.8 Å². The number of ether oxygens (including phenoxy) is 1. The van der Waals surface area contributed by atoms with Gasteiger partial charge in [-0.15, -0.1) is 0 Å². The van der Waals surface area contributed by atoms with Crippen molar-refractivity contribution in [2.75, 3.05) is 19.7 Å². The average Bonchev–Trinajstić information content (AvgIpc) is 1.94. The molecule has 1 aliphatic rings. The van der Waals surface area contributed by atoms with Crippen LogP contribution in [0.25, 0.3) is 0 Å². The van der Waals surface area contributed by atoms with Gasteiger partial charge >= 0.3 is 0 Å². The van der Waals surface area contributed by atoms with Crippen LogP contribution in [0.1, 0.15) is 13.8 Å². The highest BCUT2D eigenvalue weighted by atomic mass is 16.6. The normalized spacial score (nSPS) is 30.5. The van der Waals surface area contributed by atoms with Gasteiger partial charge in [-0.1, -0.05) is 13.8 Å². The van der Waals surface area contributed by atoms with E-state index >= 15 is 0 Å². The number of hydrogen-bond acceptors (Lipinski definition) is 3. The summed E-state index contributed by atoms with van der Waals surface area (Å²) < 4.78 is 4.82. The molecular weight excluding hydrogens is 142 g/mol.